The number of nitrogens with zero attached hydrogens (tertiary/aromatic N) is 1. The summed E-state index contributed by atoms with van der Waals surface area (Å²) in [6, 6.07) is 3.49. The number of rotatable bonds is 5. The van der Waals surface area contributed by atoms with Gasteiger partial charge in [0.25, 0.3) is 0 Å². The lowest BCUT2D eigenvalue weighted by atomic mass is 10.3. The molecule has 1 aromatic rings. The monoisotopic (exact) mass is 238 g/mol. The van der Waals surface area contributed by atoms with Crippen molar-refractivity contribution in [3.8, 4) is 0 Å². The summed E-state index contributed by atoms with van der Waals surface area (Å²) in [6.07, 6.45) is 1.57. The van der Waals surface area contributed by atoms with Crippen LogP contribution in [0.5, 0.6) is 0 Å². The maximum absolute atomic E-state index is 11.1. The number of hydrogen-bond donors (Lipinski definition) is 3. The van der Waals surface area contributed by atoms with Crippen LogP contribution in [0.2, 0.25) is 0 Å². The maximum Gasteiger partial charge on any atom is 0.239 e. The SMILES string of the molecule is CCNC(=O)CNc1ccc(C(N)=S)cn1. The number of likely N-dealkylation sites (N-methyl/N-ethyl adjacent to an activating group) is 1. The van der Waals surface area contributed by atoms with Crippen molar-refractivity contribution in [2.45, 2.75) is 6.92 Å². The Hall–Kier alpha value is -1.69. The Labute approximate surface area is 99.4 Å². The van der Waals surface area contributed by atoms with Gasteiger partial charge in [-0.05, 0) is 19.1 Å². The topological polar surface area (TPSA) is 80.0 Å². The van der Waals surface area contributed by atoms with Gasteiger partial charge in [-0.15, -0.1) is 0 Å². The molecule has 0 radical (unpaired) electrons. The number of nitrogens with two attached hydrogens (primary N) is 1. The zero-order valence-electron chi connectivity index (χ0n) is 8.99. The Bertz CT molecular complexity index is 377. The van der Waals surface area contributed by atoms with Gasteiger partial charge in [0, 0.05) is 18.3 Å². The van der Waals surface area contributed by atoms with Gasteiger partial charge in [0.15, 0.2) is 0 Å². The van der Waals surface area contributed by atoms with E-state index in [-0.39, 0.29) is 12.5 Å². The van der Waals surface area contributed by atoms with Gasteiger partial charge < -0.3 is 16.4 Å². The van der Waals surface area contributed by atoms with Crippen LogP contribution in [0.1, 0.15) is 12.5 Å². The van der Waals surface area contributed by atoms with E-state index in [1.807, 2.05) is 6.92 Å². The van der Waals surface area contributed by atoms with Crippen molar-refractivity contribution in [3.05, 3.63) is 23.9 Å². The molecule has 0 atom stereocenters. The second kappa shape index (κ2) is 6.02. The molecule has 1 aromatic heterocycles. The zero-order chi connectivity index (χ0) is 12.0. The van der Waals surface area contributed by atoms with E-state index in [1.165, 1.54) is 0 Å². The van der Waals surface area contributed by atoms with Crippen LogP contribution in [0.15, 0.2) is 18.3 Å². The molecule has 5 nitrogen and oxygen atoms in total. The molecule has 0 saturated heterocycles. The van der Waals surface area contributed by atoms with Gasteiger partial charge in [-0.1, -0.05) is 12.2 Å². The number of hydrogen-bond acceptors (Lipinski definition) is 4. The lowest BCUT2D eigenvalue weighted by Crippen LogP contribution is -2.29. The summed E-state index contributed by atoms with van der Waals surface area (Å²) >= 11 is 4.80. The summed E-state index contributed by atoms with van der Waals surface area (Å²) in [5.74, 6) is 0.550. The highest BCUT2D eigenvalue weighted by Crippen LogP contribution is 2.04. The fourth-order valence-corrected chi connectivity index (χ4v) is 1.20. The molecule has 0 unspecified atom stereocenters. The average molecular weight is 238 g/mol. The second-order valence-corrected chi connectivity index (χ2v) is 3.54. The Kier molecular flexibility index (Phi) is 4.65. The van der Waals surface area contributed by atoms with Crippen LogP contribution in [0.3, 0.4) is 0 Å². The number of thiocarbonyl (C=S) groups is 1. The highest BCUT2D eigenvalue weighted by atomic mass is 32.1. The third kappa shape index (κ3) is 3.82. The molecule has 16 heavy (non-hydrogen) atoms. The molecule has 0 aliphatic heterocycles. The summed E-state index contributed by atoms with van der Waals surface area (Å²) < 4.78 is 0. The molecule has 4 N–H and O–H groups in total. The summed E-state index contributed by atoms with van der Waals surface area (Å²) in [7, 11) is 0. The first-order valence-corrected chi connectivity index (χ1v) is 5.30. The van der Waals surface area contributed by atoms with Gasteiger partial charge in [0.1, 0.15) is 10.8 Å². The fraction of sp³-hybridized carbons (Fsp3) is 0.300. The van der Waals surface area contributed by atoms with Crippen LogP contribution in [0.4, 0.5) is 5.82 Å². The summed E-state index contributed by atoms with van der Waals surface area (Å²) in [4.78, 5) is 15.5. The van der Waals surface area contributed by atoms with Crippen LogP contribution in [0.25, 0.3) is 0 Å². The van der Waals surface area contributed by atoms with Crippen LogP contribution in [0, 0.1) is 0 Å². The maximum atomic E-state index is 11.1. The zero-order valence-corrected chi connectivity index (χ0v) is 9.80. The van der Waals surface area contributed by atoms with E-state index in [4.69, 9.17) is 18.0 Å². The quantitative estimate of drug-likeness (QED) is 0.641. The van der Waals surface area contributed by atoms with Crippen molar-refractivity contribution in [1.82, 2.24) is 10.3 Å². The minimum atomic E-state index is -0.0669. The molecule has 0 bridgehead atoms. The van der Waals surface area contributed by atoms with Crippen molar-refractivity contribution in [1.29, 1.82) is 0 Å². The molecule has 0 aliphatic rings. The molecule has 1 amide bonds. The Balaban J connectivity index is 2.49. The predicted molar refractivity (Wildman–Crippen MR) is 67.3 cm³/mol. The number of amides is 1. The number of anilines is 1. The van der Waals surface area contributed by atoms with Gasteiger partial charge in [-0.3, -0.25) is 4.79 Å². The minimum Gasteiger partial charge on any atom is -0.389 e. The van der Waals surface area contributed by atoms with Gasteiger partial charge in [0.05, 0.1) is 6.54 Å². The molecule has 1 heterocycles. The van der Waals surface area contributed by atoms with E-state index < -0.39 is 0 Å². The number of carbonyl (C=O) groups is 1. The normalized spacial score (nSPS) is 9.56. The Morgan fingerprint density at radius 1 is 1.56 bits per heavy atom. The molecule has 6 heteroatoms. The van der Waals surface area contributed by atoms with Crippen molar-refractivity contribution >= 4 is 28.9 Å². The van der Waals surface area contributed by atoms with Crippen LogP contribution >= 0.6 is 12.2 Å². The molecule has 0 saturated carbocycles. The van der Waals surface area contributed by atoms with E-state index in [1.54, 1.807) is 18.3 Å². The van der Waals surface area contributed by atoms with Crippen LogP contribution in [-0.2, 0) is 4.79 Å². The number of nitrogens with one attached hydrogen (secondary N) is 2. The van der Waals surface area contributed by atoms with Crippen molar-refractivity contribution in [2.75, 3.05) is 18.4 Å². The van der Waals surface area contributed by atoms with Gasteiger partial charge >= 0.3 is 0 Å². The van der Waals surface area contributed by atoms with E-state index in [2.05, 4.69) is 15.6 Å². The molecule has 86 valence electrons. The van der Waals surface area contributed by atoms with Crippen molar-refractivity contribution in [3.63, 3.8) is 0 Å². The molecule has 0 aromatic carbocycles. The van der Waals surface area contributed by atoms with Crippen LogP contribution in [-0.4, -0.2) is 29.0 Å². The first-order valence-electron chi connectivity index (χ1n) is 4.90. The average Bonchev–Trinajstić information content (AvgIpc) is 2.27. The fourth-order valence-electron chi connectivity index (χ4n) is 1.07. The Morgan fingerprint density at radius 2 is 2.31 bits per heavy atom. The van der Waals surface area contributed by atoms with Crippen molar-refractivity contribution < 1.29 is 4.79 Å². The molecule has 0 fully saturated rings. The molecular weight excluding hydrogens is 224 g/mol. The summed E-state index contributed by atoms with van der Waals surface area (Å²) in [5, 5.41) is 5.56. The van der Waals surface area contributed by atoms with E-state index >= 15 is 0 Å². The third-order valence-electron chi connectivity index (χ3n) is 1.85. The molecule has 0 spiro atoms. The third-order valence-corrected chi connectivity index (χ3v) is 2.09. The lowest BCUT2D eigenvalue weighted by Gasteiger charge is -2.05. The van der Waals surface area contributed by atoms with E-state index in [0.29, 0.717) is 22.9 Å². The van der Waals surface area contributed by atoms with Crippen LogP contribution < -0.4 is 16.4 Å². The highest BCUT2D eigenvalue weighted by molar-refractivity contribution is 7.80. The molecule has 0 aliphatic carbocycles. The first-order chi connectivity index (χ1) is 7.63. The number of carbonyl (C=O) groups excluding carboxylic acids is 1. The summed E-state index contributed by atoms with van der Waals surface area (Å²) in [5.41, 5.74) is 6.14. The minimum absolute atomic E-state index is 0.0669. The highest BCUT2D eigenvalue weighted by Gasteiger charge is 2.01. The van der Waals surface area contributed by atoms with E-state index in [9.17, 15) is 4.79 Å². The first kappa shape index (κ1) is 12.4. The largest absolute Gasteiger partial charge is 0.389 e. The summed E-state index contributed by atoms with van der Waals surface area (Å²) in [6.45, 7) is 2.69. The Morgan fingerprint density at radius 3 is 2.81 bits per heavy atom. The van der Waals surface area contributed by atoms with Gasteiger partial charge in [-0.25, -0.2) is 4.98 Å². The lowest BCUT2D eigenvalue weighted by molar-refractivity contribution is -0.119. The molecule has 1 rings (SSSR count). The standard InChI is InChI=1S/C10H14N4OS/c1-2-12-9(15)6-14-8-4-3-7(5-13-8)10(11)16/h3-5H,2,6H2,1H3,(H2,11,16)(H,12,15)(H,13,14). The van der Waals surface area contributed by atoms with Gasteiger partial charge in [0.2, 0.25) is 5.91 Å². The number of pyridine rings is 1. The second-order valence-electron chi connectivity index (χ2n) is 3.10. The van der Waals surface area contributed by atoms with Crippen molar-refractivity contribution in [2.24, 2.45) is 5.73 Å². The molecular formula is C10H14N4OS. The number of aromatic nitrogens is 1. The van der Waals surface area contributed by atoms with Gasteiger partial charge in [-0.2, -0.15) is 0 Å². The van der Waals surface area contributed by atoms with E-state index in [0.717, 1.165) is 0 Å². The predicted octanol–water partition coefficient (Wildman–Crippen LogP) is 0.264. The smallest absolute Gasteiger partial charge is 0.239 e.